The molecule has 1 aliphatic heterocycles. The average molecular weight is 524 g/mol. The van der Waals surface area contributed by atoms with Crippen LogP contribution in [0.1, 0.15) is 82.6 Å². The van der Waals surface area contributed by atoms with E-state index in [1.165, 1.54) is 7.11 Å². The summed E-state index contributed by atoms with van der Waals surface area (Å²) < 4.78 is 41.8. The van der Waals surface area contributed by atoms with Crippen molar-refractivity contribution in [2.75, 3.05) is 26.7 Å². The van der Waals surface area contributed by atoms with E-state index in [-0.39, 0.29) is 22.4 Å². The molecule has 8 nitrogen and oxygen atoms in total. The van der Waals surface area contributed by atoms with E-state index in [1.807, 2.05) is 39.5 Å². The van der Waals surface area contributed by atoms with Crippen LogP contribution >= 0.6 is 0 Å². The first-order valence-corrected chi connectivity index (χ1v) is 14.5. The molecule has 36 heavy (non-hydrogen) atoms. The molecule has 1 aromatic rings. The predicted octanol–water partition coefficient (Wildman–Crippen LogP) is 4.67. The third-order valence-corrected chi connectivity index (χ3v) is 8.34. The summed E-state index contributed by atoms with van der Waals surface area (Å²) in [5.74, 6) is 0.303. The summed E-state index contributed by atoms with van der Waals surface area (Å²) in [6.07, 6.45) is 4.19. The van der Waals surface area contributed by atoms with E-state index in [2.05, 4.69) is 23.6 Å². The van der Waals surface area contributed by atoms with Crippen molar-refractivity contribution in [3.05, 3.63) is 22.3 Å². The van der Waals surface area contributed by atoms with Crippen LogP contribution in [0.2, 0.25) is 0 Å². The van der Waals surface area contributed by atoms with Gasteiger partial charge in [-0.1, -0.05) is 33.6 Å². The number of guanidine groups is 1. The average Bonchev–Trinajstić information content (AvgIpc) is 3.14. The Hall–Kier alpha value is -2.29. The minimum Gasteiger partial charge on any atom is -0.487 e. The number of fused-ring (bicyclic) bond motifs is 1. The molecule has 0 saturated heterocycles. The highest BCUT2D eigenvalue weighted by atomic mass is 32.2. The summed E-state index contributed by atoms with van der Waals surface area (Å²) >= 11 is 0. The number of carbonyl (C=O) groups excluding carboxylic acids is 1. The van der Waals surface area contributed by atoms with Gasteiger partial charge in [-0.05, 0) is 64.2 Å². The van der Waals surface area contributed by atoms with E-state index < -0.39 is 15.9 Å². The second-order valence-corrected chi connectivity index (χ2v) is 12.1. The number of nitrogens with zero attached hydrogens (tertiary/aromatic N) is 2. The number of carbonyl (C=O) groups is 1. The van der Waals surface area contributed by atoms with Crippen molar-refractivity contribution in [3.8, 4) is 5.75 Å². The van der Waals surface area contributed by atoms with Gasteiger partial charge >= 0.3 is 5.97 Å². The van der Waals surface area contributed by atoms with Gasteiger partial charge in [0.25, 0.3) is 10.0 Å². The third kappa shape index (κ3) is 6.93. The number of nitrogens with one attached hydrogen (secondary N) is 1. The van der Waals surface area contributed by atoms with E-state index in [4.69, 9.17) is 9.47 Å². The van der Waals surface area contributed by atoms with E-state index >= 15 is 0 Å². The highest BCUT2D eigenvalue weighted by molar-refractivity contribution is 7.90. The van der Waals surface area contributed by atoms with Gasteiger partial charge in [0.2, 0.25) is 5.96 Å². The first kappa shape index (κ1) is 29.9. The molecule has 0 aromatic heterocycles. The van der Waals surface area contributed by atoms with Crippen LogP contribution in [0, 0.1) is 26.7 Å². The Morgan fingerprint density at radius 1 is 1.14 bits per heavy atom. The minimum absolute atomic E-state index is 0.277. The molecule has 1 atom stereocenters. The Kier molecular flexibility index (Phi) is 10.2. The summed E-state index contributed by atoms with van der Waals surface area (Å²) in [4.78, 5) is 19.0. The number of hydrogen-bond donors (Lipinski definition) is 1. The van der Waals surface area contributed by atoms with Crippen LogP contribution in [0.15, 0.2) is 9.89 Å². The van der Waals surface area contributed by atoms with Gasteiger partial charge in [-0.25, -0.2) is 13.1 Å². The lowest BCUT2D eigenvalue weighted by Crippen LogP contribution is -2.47. The lowest BCUT2D eigenvalue weighted by Gasteiger charge is -2.29. The van der Waals surface area contributed by atoms with Crippen LogP contribution in [0.4, 0.5) is 0 Å². The second kappa shape index (κ2) is 12.3. The van der Waals surface area contributed by atoms with Gasteiger partial charge < -0.3 is 14.4 Å². The Morgan fingerprint density at radius 2 is 1.78 bits per heavy atom. The molecular formula is C27H45N3O5S. The Bertz CT molecular complexity index is 1080. The molecule has 0 amide bonds. The molecule has 0 spiro atoms. The fraction of sp³-hybridized carbons (Fsp3) is 0.704. The lowest BCUT2D eigenvalue weighted by atomic mass is 9.94. The molecule has 2 rings (SSSR count). The molecule has 1 aliphatic rings. The van der Waals surface area contributed by atoms with Gasteiger partial charge in [-0.15, -0.1) is 0 Å². The van der Waals surface area contributed by atoms with E-state index in [0.717, 1.165) is 42.6 Å². The van der Waals surface area contributed by atoms with Crippen molar-refractivity contribution in [1.82, 2.24) is 9.62 Å². The first-order valence-electron chi connectivity index (χ1n) is 13.0. The van der Waals surface area contributed by atoms with Crippen molar-refractivity contribution in [3.63, 3.8) is 0 Å². The molecule has 0 bridgehead atoms. The zero-order valence-electron chi connectivity index (χ0n) is 23.6. The van der Waals surface area contributed by atoms with Gasteiger partial charge in [0, 0.05) is 31.6 Å². The van der Waals surface area contributed by atoms with Crippen LogP contribution in [0.5, 0.6) is 5.75 Å². The number of sulfonamides is 1. The van der Waals surface area contributed by atoms with E-state index in [0.29, 0.717) is 37.2 Å². The number of methoxy groups -OCH3 is 1. The van der Waals surface area contributed by atoms with Gasteiger partial charge in [0.15, 0.2) is 0 Å². The Balaban J connectivity index is 2.53. The maximum Gasteiger partial charge on any atom is 0.310 e. The second-order valence-electron chi connectivity index (χ2n) is 10.4. The highest BCUT2D eigenvalue weighted by Crippen LogP contribution is 2.43. The molecule has 1 N–H and O–H groups in total. The maximum atomic E-state index is 13.9. The van der Waals surface area contributed by atoms with Crippen molar-refractivity contribution in [2.24, 2.45) is 10.9 Å². The Labute approximate surface area is 217 Å². The quantitative estimate of drug-likeness (QED) is 0.196. The maximum absolute atomic E-state index is 13.9. The SMILES string of the molecule is CCCCN=C(NS(=O)(=O)c1c(C)c(C)c2c(c1C)CC(C)(C)O2)N(CCCC)CC(C)C(=O)OC. The monoisotopic (exact) mass is 523 g/mol. The summed E-state index contributed by atoms with van der Waals surface area (Å²) in [6, 6.07) is 0. The zero-order chi connectivity index (χ0) is 27.3. The smallest absolute Gasteiger partial charge is 0.310 e. The summed E-state index contributed by atoms with van der Waals surface area (Å²) in [7, 11) is -2.60. The first-order chi connectivity index (χ1) is 16.8. The molecular weight excluding hydrogens is 478 g/mol. The predicted molar refractivity (Wildman–Crippen MR) is 144 cm³/mol. The Morgan fingerprint density at radius 3 is 2.36 bits per heavy atom. The van der Waals surface area contributed by atoms with Gasteiger partial charge in [-0.2, -0.15) is 0 Å². The normalized spacial score (nSPS) is 15.8. The fourth-order valence-corrected chi connectivity index (χ4v) is 6.22. The minimum atomic E-state index is -3.97. The number of aliphatic imine (C=N–C) groups is 1. The molecule has 0 saturated carbocycles. The molecule has 1 aromatic carbocycles. The van der Waals surface area contributed by atoms with Crippen molar-refractivity contribution in [1.29, 1.82) is 0 Å². The zero-order valence-corrected chi connectivity index (χ0v) is 24.4. The molecule has 1 heterocycles. The van der Waals surface area contributed by atoms with Gasteiger partial charge in [-0.3, -0.25) is 9.79 Å². The number of ether oxygens (including phenoxy) is 2. The summed E-state index contributed by atoms with van der Waals surface area (Å²) in [5, 5.41) is 0. The van der Waals surface area contributed by atoms with E-state index in [1.54, 1.807) is 6.92 Å². The van der Waals surface area contributed by atoms with Crippen molar-refractivity contribution < 1.29 is 22.7 Å². The van der Waals surface area contributed by atoms with Crippen LogP contribution in [0.3, 0.4) is 0 Å². The lowest BCUT2D eigenvalue weighted by molar-refractivity contribution is -0.145. The molecule has 204 valence electrons. The standard InChI is InChI=1S/C27H45N3O5S/c1-10-12-14-28-26(30(15-13-11-2)17-18(3)25(31)34-9)29-36(32,33)24-20(5)19(4)23-22(21(24)6)16-27(7,8)35-23/h18H,10-17H2,1-9H3,(H,28,29). The van der Waals surface area contributed by atoms with Crippen LogP contribution < -0.4 is 9.46 Å². The number of hydrogen-bond acceptors (Lipinski definition) is 6. The van der Waals surface area contributed by atoms with Gasteiger partial charge in [0.05, 0.1) is 17.9 Å². The van der Waals surface area contributed by atoms with Crippen LogP contribution in [0.25, 0.3) is 0 Å². The topological polar surface area (TPSA) is 97.3 Å². The fourth-order valence-electron chi connectivity index (χ4n) is 4.60. The van der Waals surface area contributed by atoms with Gasteiger partial charge in [0.1, 0.15) is 11.4 Å². The van der Waals surface area contributed by atoms with Crippen LogP contribution in [-0.4, -0.2) is 57.6 Å². The third-order valence-electron chi connectivity index (χ3n) is 6.74. The summed E-state index contributed by atoms with van der Waals surface area (Å²) in [5.41, 5.74) is 2.78. The molecule has 9 heteroatoms. The number of unbranched alkanes of at least 4 members (excludes halogenated alkanes) is 2. The number of esters is 1. The number of benzene rings is 1. The molecule has 0 fully saturated rings. The molecule has 1 unspecified atom stereocenters. The van der Waals surface area contributed by atoms with Crippen LogP contribution in [-0.2, 0) is 26.0 Å². The summed E-state index contributed by atoms with van der Waals surface area (Å²) in [6.45, 7) is 16.9. The van der Waals surface area contributed by atoms with Crippen molar-refractivity contribution >= 4 is 22.0 Å². The van der Waals surface area contributed by atoms with E-state index in [9.17, 15) is 13.2 Å². The highest BCUT2D eigenvalue weighted by Gasteiger charge is 2.37. The van der Waals surface area contributed by atoms with Crippen molar-refractivity contribution in [2.45, 2.75) is 98.0 Å². The number of rotatable bonds is 11. The largest absolute Gasteiger partial charge is 0.487 e. The molecule has 0 radical (unpaired) electrons. The molecule has 0 aliphatic carbocycles.